The minimum atomic E-state index is -1.04. The first-order valence-corrected chi connectivity index (χ1v) is 12.6. The number of likely N-dealkylation sites (tertiary alicyclic amines) is 1. The predicted octanol–water partition coefficient (Wildman–Crippen LogP) is 1.35. The molecule has 180 valence electrons. The number of hydrogen-bond donors (Lipinski definition) is 3. The number of nitrogens with zero attached hydrogens (tertiary/aromatic N) is 1. The second-order valence-corrected chi connectivity index (χ2v) is 10.7. The Morgan fingerprint density at radius 1 is 1.24 bits per heavy atom. The van der Waals surface area contributed by atoms with Crippen molar-refractivity contribution in [2.45, 2.75) is 68.3 Å². The van der Waals surface area contributed by atoms with E-state index in [-0.39, 0.29) is 35.2 Å². The van der Waals surface area contributed by atoms with Gasteiger partial charge in [-0.1, -0.05) is 46.3 Å². The Morgan fingerprint density at radius 2 is 1.97 bits per heavy atom. The van der Waals surface area contributed by atoms with E-state index in [2.05, 4.69) is 26.6 Å². The molecule has 0 aromatic heterocycles. The van der Waals surface area contributed by atoms with Gasteiger partial charge in [-0.2, -0.15) is 0 Å². The van der Waals surface area contributed by atoms with Gasteiger partial charge in [0, 0.05) is 30.6 Å². The van der Waals surface area contributed by atoms with Crippen LogP contribution in [0.1, 0.15) is 38.7 Å². The third kappa shape index (κ3) is 4.31. The van der Waals surface area contributed by atoms with Crippen LogP contribution in [0, 0.1) is 11.8 Å². The summed E-state index contributed by atoms with van der Waals surface area (Å²) in [6.45, 7) is 4.47. The van der Waals surface area contributed by atoms with E-state index in [1.54, 1.807) is 4.90 Å². The Bertz CT molecular complexity index is 897. The van der Waals surface area contributed by atoms with E-state index in [0.717, 1.165) is 5.56 Å². The highest BCUT2D eigenvalue weighted by Crippen LogP contribution is 2.60. The van der Waals surface area contributed by atoms with E-state index in [1.165, 1.54) is 0 Å². The molecule has 6 atom stereocenters. The van der Waals surface area contributed by atoms with Crippen LogP contribution in [0.15, 0.2) is 30.3 Å². The lowest BCUT2D eigenvalue weighted by molar-refractivity contribution is -0.142. The van der Waals surface area contributed by atoms with Gasteiger partial charge in [0.1, 0.15) is 11.6 Å². The molecule has 0 aliphatic carbocycles. The number of aliphatic hydroxyl groups excluding tert-OH is 1. The second-order valence-electron chi connectivity index (χ2n) is 9.49. The van der Waals surface area contributed by atoms with E-state index < -0.39 is 29.6 Å². The molecule has 0 radical (unpaired) electrons. The molecule has 2 bridgehead atoms. The molecular formula is C24H32BrN3O5. The number of nitrogens with one attached hydrogen (secondary N) is 2. The first-order valence-electron chi connectivity index (χ1n) is 11.7. The second kappa shape index (κ2) is 9.72. The predicted molar refractivity (Wildman–Crippen MR) is 125 cm³/mol. The molecule has 1 spiro atoms. The number of fused-ring (bicyclic) bond motifs is 1. The Balaban J connectivity index is 1.61. The lowest BCUT2D eigenvalue weighted by atomic mass is 9.70. The van der Waals surface area contributed by atoms with Gasteiger partial charge in [-0.25, -0.2) is 0 Å². The molecule has 4 rings (SSSR count). The summed E-state index contributed by atoms with van der Waals surface area (Å²) in [5.74, 6) is -2.07. The molecule has 1 aromatic carbocycles. The molecule has 3 aliphatic heterocycles. The van der Waals surface area contributed by atoms with Crippen molar-refractivity contribution in [1.29, 1.82) is 0 Å². The van der Waals surface area contributed by atoms with E-state index in [1.807, 2.05) is 44.2 Å². The highest BCUT2D eigenvalue weighted by Gasteiger charge is 2.76. The largest absolute Gasteiger partial charge is 0.396 e. The number of amides is 3. The van der Waals surface area contributed by atoms with Crippen molar-refractivity contribution in [1.82, 2.24) is 15.5 Å². The van der Waals surface area contributed by atoms with Crippen molar-refractivity contribution >= 4 is 33.7 Å². The van der Waals surface area contributed by atoms with Crippen LogP contribution in [0.2, 0.25) is 0 Å². The van der Waals surface area contributed by atoms with Crippen LogP contribution in [0.3, 0.4) is 0 Å². The molecule has 3 heterocycles. The van der Waals surface area contributed by atoms with Gasteiger partial charge < -0.3 is 25.4 Å². The van der Waals surface area contributed by atoms with Crippen LogP contribution in [0.25, 0.3) is 0 Å². The van der Waals surface area contributed by atoms with Gasteiger partial charge in [0.25, 0.3) is 0 Å². The fourth-order valence-corrected chi connectivity index (χ4v) is 6.57. The molecule has 3 fully saturated rings. The third-order valence-corrected chi connectivity index (χ3v) is 7.73. The molecule has 8 nitrogen and oxygen atoms in total. The minimum Gasteiger partial charge on any atom is -0.396 e. The molecule has 3 aliphatic rings. The van der Waals surface area contributed by atoms with Crippen LogP contribution in [0.5, 0.6) is 0 Å². The fourth-order valence-electron chi connectivity index (χ4n) is 5.63. The number of halogens is 1. The molecule has 3 amide bonds. The average Bonchev–Trinajstić information content (AvgIpc) is 3.36. The van der Waals surface area contributed by atoms with Gasteiger partial charge in [-0.3, -0.25) is 14.4 Å². The smallest absolute Gasteiger partial charge is 0.246 e. The summed E-state index contributed by atoms with van der Waals surface area (Å²) in [6.07, 6.45) is 1.13. The van der Waals surface area contributed by atoms with E-state index >= 15 is 0 Å². The van der Waals surface area contributed by atoms with Crippen molar-refractivity contribution in [2.75, 3.05) is 13.2 Å². The zero-order chi connectivity index (χ0) is 23.8. The van der Waals surface area contributed by atoms with Crippen molar-refractivity contribution in [3.05, 3.63) is 35.9 Å². The number of ether oxygens (including phenoxy) is 1. The zero-order valence-corrected chi connectivity index (χ0v) is 20.6. The van der Waals surface area contributed by atoms with Gasteiger partial charge in [-0.15, -0.1) is 0 Å². The van der Waals surface area contributed by atoms with Crippen LogP contribution in [-0.2, 0) is 25.7 Å². The van der Waals surface area contributed by atoms with Crippen LogP contribution in [0.4, 0.5) is 0 Å². The molecule has 1 aromatic rings. The van der Waals surface area contributed by atoms with E-state index in [4.69, 9.17) is 4.74 Å². The summed E-state index contributed by atoms with van der Waals surface area (Å²) in [6, 6.07) is 8.71. The van der Waals surface area contributed by atoms with Gasteiger partial charge in [0.2, 0.25) is 17.7 Å². The van der Waals surface area contributed by atoms with Crippen LogP contribution in [-0.4, -0.2) is 69.5 Å². The van der Waals surface area contributed by atoms with Gasteiger partial charge in [-0.05, 0) is 38.7 Å². The van der Waals surface area contributed by atoms with Gasteiger partial charge >= 0.3 is 0 Å². The topological polar surface area (TPSA) is 108 Å². The summed E-state index contributed by atoms with van der Waals surface area (Å²) in [5, 5.41) is 15.1. The molecule has 9 heteroatoms. The monoisotopic (exact) mass is 521 g/mol. The Labute approximate surface area is 202 Å². The quantitative estimate of drug-likeness (QED) is 0.335. The highest BCUT2D eigenvalue weighted by molar-refractivity contribution is 9.09. The van der Waals surface area contributed by atoms with Crippen molar-refractivity contribution < 1.29 is 24.2 Å². The summed E-state index contributed by atoms with van der Waals surface area (Å²) in [4.78, 5) is 41.8. The number of carbonyl (C=O) groups is 3. The number of unbranched alkanes of at least 4 members (excludes halogenated alkanes) is 1. The van der Waals surface area contributed by atoms with Gasteiger partial charge in [0.15, 0.2) is 0 Å². The Kier molecular flexibility index (Phi) is 7.12. The van der Waals surface area contributed by atoms with E-state index in [0.29, 0.717) is 32.4 Å². The number of carbonyl (C=O) groups excluding carboxylic acids is 3. The maximum atomic E-state index is 13.7. The maximum absolute atomic E-state index is 13.7. The van der Waals surface area contributed by atoms with E-state index in [9.17, 15) is 19.5 Å². The standard InChI is InChI=1S/C24H32BrN3O5/c1-14(2)27-22(31)20-24-12-16(25)19(33-24)17(18(24)23(32)28(20)10-6-7-11-29)21(30)26-13-15-8-4-3-5-9-15/h3-5,8-9,14,16-20,29H,6-7,10-13H2,1-2H3,(H,26,30)(H,27,31)/t16?,17-,18+,19-,20?,24?/m1/s1. The maximum Gasteiger partial charge on any atom is 0.246 e. The number of aliphatic hydroxyl groups is 1. The molecule has 3 unspecified atom stereocenters. The van der Waals surface area contributed by atoms with Gasteiger partial charge in [0.05, 0.1) is 17.9 Å². The number of benzene rings is 1. The Hall–Kier alpha value is -1.97. The summed E-state index contributed by atoms with van der Waals surface area (Å²) < 4.78 is 6.42. The highest BCUT2D eigenvalue weighted by atomic mass is 79.9. The molecule has 0 saturated carbocycles. The van der Waals surface area contributed by atoms with Crippen LogP contribution < -0.4 is 10.6 Å². The summed E-state index contributed by atoms with van der Waals surface area (Å²) in [5.41, 5.74) is -0.0688. The van der Waals surface area contributed by atoms with Crippen LogP contribution >= 0.6 is 15.9 Å². The fraction of sp³-hybridized carbons (Fsp3) is 0.625. The normalized spacial score (nSPS) is 32.3. The summed E-state index contributed by atoms with van der Waals surface area (Å²) in [7, 11) is 0. The number of rotatable bonds is 9. The SMILES string of the molecule is CC(C)NC(=O)C1N(CCCCO)C(=O)[C@@H]2[C@@H](C(=O)NCc3ccccc3)[C@@H]3OC12CC3Br. The zero-order valence-electron chi connectivity index (χ0n) is 19.0. The Morgan fingerprint density at radius 3 is 2.64 bits per heavy atom. The van der Waals surface area contributed by atoms with Crippen molar-refractivity contribution in [3.8, 4) is 0 Å². The summed E-state index contributed by atoms with van der Waals surface area (Å²) >= 11 is 3.66. The van der Waals surface area contributed by atoms with Crippen molar-refractivity contribution in [2.24, 2.45) is 11.8 Å². The number of alkyl halides is 1. The first-order chi connectivity index (χ1) is 15.8. The lowest BCUT2D eigenvalue weighted by Gasteiger charge is -2.34. The molecule has 3 saturated heterocycles. The molecule has 3 N–H and O–H groups in total. The first kappa shape index (κ1) is 24.2. The molecule has 33 heavy (non-hydrogen) atoms. The average molecular weight is 522 g/mol. The lowest BCUT2D eigenvalue weighted by Crippen LogP contribution is -2.57. The molecular weight excluding hydrogens is 490 g/mol. The van der Waals surface area contributed by atoms with Crippen molar-refractivity contribution in [3.63, 3.8) is 0 Å². The third-order valence-electron chi connectivity index (χ3n) is 6.89. The minimum absolute atomic E-state index is 0.0199. The number of hydrogen-bond acceptors (Lipinski definition) is 5.